The molecule has 98 valence electrons. The van der Waals surface area contributed by atoms with Crippen molar-refractivity contribution in [2.24, 2.45) is 5.16 Å². The first kappa shape index (κ1) is 13.9. The number of oxime groups is 1. The minimum atomic E-state index is 0.424. The minimum absolute atomic E-state index is 0.424. The predicted octanol–water partition coefficient (Wildman–Crippen LogP) is 4.49. The van der Waals surface area contributed by atoms with Gasteiger partial charge in [0.15, 0.2) is 0 Å². The van der Waals surface area contributed by atoms with Crippen LogP contribution in [0, 0.1) is 0 Å². The summed E-state index contributed by atoms with van der Waals surface area (Å²) < 4.78 is 6.47. The van der Waals surface area contributed by atoms with Gasteiger partial charge >= 0.3 is 0 Å². The van der Waals surface area contributed by atoms with Crippen LogP contribution in [0.15, 0.2) is 52.1 Å². The lowest BCUT2D eigenvalue weighted by molar-refractivity contribution is 0.302. The minimum Gasteiger partial charge on any atom is -0.487 e. The molecule has 2 aromatic rings. The third-order valence-electron chi connectivity index (χ3n) is 2.46. The lowest BCUT2D eigenvalue weighted by Crippen LogP contribution is -1.99. The standard InChI is InChI=1S/C14H11BrClNO2/c15-13-7-12(16)6-11(8-17-18)14(13)19-9-10-4-2-1-3-5-10/h1-8,18H,9H2. The lowest BCUT2D eigenvalue weighted by Gasteiger charge is -2.11. The van der Waals surface area contributed by atoms with Crippen molar-refractivity contribution in [3.8, 4) is 5.75 Å². The molecule has 0 saturated carbocycles. The number of hydrogen-bond donors (Lipinski definition) is 1. The van der Waals surface area contributed by atoms with Crippen LogP contribution < -0.4 is 4.74 Å². The summed E-state index contributed by atoms with van der Waals surface area (Å²) in [7, 11) is 0. The first-order valence-corrected chi connectivity index (χ1v) is 6.71. The van der Waals surface area contributed by atoms with E-state index in [4.69, 9.17) is 21.5 Å². The first-order chi connectivity index (χ1) is 9.20. The Morgan fingerprint density at radius 1 is 1.26 bits per heavy atom. The predicted molar refractivity (Wildman–Crippen MR) is 79.3 cm³/mol. The molecule has 0 saturated heterocycles. The molecule has 3 nitrogen and oxygen atoms in total. The van der Waals surface area contributed by atoms with E-state index in [0.717, 1.165) is 5.56 Å². The number of ether oxygens (including phenoxy) is 1. The van der Waals surface area contributed by atoms with Crippen molar-refractivity contribution in [2.75, 3.05) is 0 Å². The van der Waals surface area contributed by atoms with Crippen molar-refractivity contribution >= 4 is 33.7 Å². The van der Waals surface area contributed by atoms with Gasteiger partial charge in [0.2, 0.25) is 0 Å². The molecule has 2 rings (SSSR count). The highest BCUT2D eigenvalue weighted by Crippen LogP contribution is 2.32. The van der Waals surface area contributed by atoms with Gasteiger partial charge in [-0.3, -0.25) is 0 Å². The second-order valence-corrected chi connectivity index (χ2v) is 5.12. The Morgan fingerprint density at radius 2 is 2.00 bits per heavy atom. The summed E-state index contributed by atoms with van der Waals surface area (Å²) >= 11 is 9.33. The Morgan fingerprint density at radius 3 is 2.68 bits per heavy atom. The third-order valence-corrected chi connectivity index (χ3v) is 3.27. The van der Waals surface area contributed by atoms with E-state index in [1.165, 1.54) is 6.21 Å². The maximum Gasteiger partial charge on any atom is 0.142 e. The average molecular weight is 341 g/mol. The summed E-state index contributed by atoms with van der Waals surface area (Å²) in [5.74, 6) is 0.589. The highest BCUT2D eigenvalue weighted by molar-refractivity contribution is 9.10. The molecule has 19 heavy (non-hydrogen) atoms. The zero-order valence-electron chi connectivity index (χ0n) is 9.88. The topological polar surface area (TPSA) is 41.8 Å². The molecule has 0 amide bonds. The zero-order valence-corrected chi connectivity index (χ0v) is 12.2. The van der Waals surface area contributed by atoms with Crippen LogP contribution in [0.3, 0.4) is 0 Å². The van der Waals surface area contributed by atoms with Crippen molar-refractivity contribution in [2.45, 2.75) is 6.61 Å². The van der Waals surface area contributed by atoms with Gasteiger partial charge in [-0.1, -0.05) is 47.1 Å². The molecule has 5 heteroatoms. The van der Waals surface area contributed by atoms with E-state index in [0.29, 0.717) is 27.4 Å². The quantitative estimate of drug-likeness (QED) is 0.506. The molecule has 0 aliphatic carbocycles. The van der Waals surface area contributed by atoms with Crippen LogP contribution in [-0.2, 0) is 6.61 Å². The van der Waals surface area contributed by atoms with Gasteiger partial charge in [0.05, 0.1) is 10.7 Å². The van der Waals surface area contributed by atoms with E-state index in [2.05, 4.69) is 21.1 Å². The summed E-state index contributed by atoms with van der Waals surface area (Å²) in [5, 5.41) is 12.2. The van der Waals surface area contributed by atoms with Crippen LogP contribution in [0.1, 0.15) is 11.1 Å². The largest absolute Gasteiger partial charge is 0.487 e. The number of hydrogen-bond acceptors (Lipinski definition) is 3. The van der Waals surface area contributed by atoms with Crippen LogP contribution in [-0.4, -0.2) is 11.4 Å². The molecule has 0 heterocycles. The molecular weight excluding hydrogens is 330 g/mol. The molecule has 0 aliphatic rings. The Kier molecular flexibility index (Phi) is 4.82. The third kappa shape index (κ3) is 3.72. The molecule has 0 aromatic heterocycles. The average Bonchev–Trinajstić information content (AvgIpc) is 2.39. The molecule has 0 radical (unpaired) electrons. The molecule has 1 N–H and O–H groups in total. The Hall–Kier alpha value is -1.52. The van der Waals surface area contributed by atoms with Crippen molar-refractivity contribution < 1.29 is 9.94 Å². The summed E-state index contributed by atoms with van der Waals surface area (Å²) in [5.41, 5.74) is 1.66. The summed E-state index contributed by atoms with van der Waals surface area (Å²) in [4.78, 5) is 0. The molecule has 0 unspecified atom stereocenters. The first-order valence-electron chi connectivity index (χ1n) is 5.54. The summed E-state index contributed by atoms with van der Waals surface area (Å²) in [6.45, 7) is 0.424. The highest BCUT2D eigenvalue weighted by Gasteiger charge is 2.09. The van der Waals surface area contributed by atoms with Gasteiger partial charge in [-0.15, -0.1) is 0 Å². The second kappa shape index (κ2) is 6.59. The Balaban J connectivity index is 2.24. The van der Waals surface area contributed by atoms with Crippen molar-refractivity contribution in [1.82, 2.24) is 0 Å². The molecule has 0 spiro atoms. The number of rotatable bonds is 4. The van der Waals surface area contributed by atoms with Crippen LogP contribution in [0.25, 0.3) is 0 Å². The van der Waals surface area contributed by atoms with Gasteiger partial charge in [0.25, 0.3) is 0 Å². The van der Waals surface area contributed by atoms with Crippen molar-refractivity contribution in [3.05, 3.63) is 63.1 Å². The van der Waals surface area contributed by atoms with Crippen LogP contribution in [0.5, 0.6) is 5.75 Å². The van der Waals surface area contributed by atoms with E-state index in [-0.39, 0.29) is 0 Å². The monoisotopic (exact) mass is 339 g/mol. The molecule has 0 fully saturated rings. The molecule has 0 aliphatic heterocycles. The van der Waals surface area contributed by atoms with Crippen molar-refractivity contribution in [3.63, 3.8) is 0 Å². The van der Waals surface area contributed by atoms with E-state index in [1.54, 1.807) is 12.1 Å². The molecule has 0 atom stereocenters. The van der Waals surface area contributed by atoms with Gasteiger partial charge < -0.3 is 9.94 Å². The lowest BCUT2D eigenvalue weighted by atomic mass is 10.2. The van der Waals surface area contributed by atoms with Gasteiger partial charge in [0.1, 0.15) is 12.4 Å². The SMILES string of the molecule is ON=Cc1cc(Cl)cc(Br)c1OCc1ccccc1. The zero-order chi connectivity index (χ0) is 13.7. The van der Waals surface area contributed by atoms with E-state index >= 15 is 0 Å². The number of nitrogens with zero attached hydrogens (tertiary/aromatic N) is 1. The van der Waals surface area contributed by atoms with Gasteiger partial charge in [0, 0.05) is 10.6 Å². The molecule has 2 aromatic carbocycles. The fourth-order valence-electron chi connectivity index (χ4n) is 1.62. The molecule has 0 bridgehead atoms. The van der Waals surface area contributed by atoms with Crippen LogP contribution in [0.4, 0.5) is 0 Å². The van der Waals surface area contributed by atoms with Gasteiger partial charge in [-0.2, -0.15) is 0 Å². The summed E-state index contributed by atoms with van der Waals surface area (Å²) in [6.07, 6.45) is 1.29. The fourth-order valence-corrected chi connectivity index (χ4v) is 2.57. The maximum atomic E-state index is 8.67. The number of benzene rings is 2. The van der Waals surface area contributed by atoms with Crippen molar-refractivity contribution in [1.29, 1.82) is 0 Å². The van der Waals surface area contributed by atoms with Gasteiger partial charge in [-0.25, -0.2) is 0 Å². The highest BCUT2D eigenvalue weighted by atomic mass is 79.9. The molecular formula is C14H11BrClNO2. The van der Waals surface area contributed by atoms with E-state index in [1.807, 2.05) is 30.3 Å². The van der Waals surface area contributed by atoms with Crippen LogP contribution >= 0.6 is 27.5 Å². The van der Waals surface area contributed by atoms with Crippen LogP contribution in [0.2, 0.25) is 5.02 Å². The normalized spacial score (nSPS) is 10.8. The Bertz CT molecular complexity index is 587. The number of halogens is 2. The smallest absolute Gasteiger partial charge is 0.142 e. The fraction of sp³-hybridized carbons (Fsp3) is 0.0714. The van der Waals surface area contributed by atoms with E-state index < -0.39 is 0 Å². The summed E-state index contributed by atoms with van der Waals surface area (Å²) in [6, 6.07) is 13.2. The Labute approximate surface area is 124 Å². The second-order valence-electron chi connectivity index (χ2n) is 3.82. The van der Waals surface area contributed by atoms with E-state index in [9.17, 15) is 0 Å². The maximum absolute atomic E-state index is 8.67. The van der Waals surface area contributed by atoms with Gasteiger partial charge in [-0.05, 0) is 33.6 Å².